The van der Waals surface area contributed by atoms with Gasteiger partial charge in [-0.1, -0.05) is 91.0 Å². The van der Waals surface area contributed by atoms with Crippen LogP contribution in [0.4, 0.5) is 5.69 Å². The summed E-state index contributed by atoms with van der Waals surface area (Å²) in [6, 6.07) is 35.9. The van der Waals surface area contributed by atoms with Gasteiger partial charge < -0.3 is 10.3 Å². The van der Waals surface area contributed by atoms with E-state index in [2.05, 4.69) is 22.4 Å². The minimum atomic E-state index is -0.128. The Kier molecular flexibility index (Phi) is 4.62. The van der Waals surface area contributed by atoms with E-state index in [1.54, 1.807) is 0 Å². The first-order valence-electron chi connectivity index (χ1n) is 9.92. The highest BCUT2D eigenvalue weighted by atomic mass is 16.1. The number of carbonyl (C=O) groups is 1. The predicted octanol–water partition coefficient (Wildman–Crippen LogP) is 6.75. The van der Waals surface area contributed by atoms with Gasteiger partial charge in [0.15, 0.2) is 0 Å². The van der Waals surface area contributed by atoms with E-state index in [1.807, 2.05) is 97.1 Å². The maximum atomic E-state index is 13.1. The number of H-pyrrole nitrogens is 1. The quantitative estimate of drug-likeness (QED) is 0.351. The van der Waals surface area contributed by atoms with E-state index in [9.17, 15) is 4.79 Å². The molecule has 144 valence electrons. The molecule has 0 unspecified atom stereocenters. The number of rotatable bonds is 4. The Morgan fingerprint density at radius 1 is 0.600 bits per heavy atom. The highest BCUT2D eigenvalue weighted by molar-refractivity contribution is 6.12. The number of aromatic nitrogens is 1. The molecule has 0 spiro atoms. The van der Waals surface area contributed by atoms with E-state index in [0.29, 0.717) is 5.56 Å². The lowest BCUT2D eigenvalue weighted by Gasteiger charge is -2.09. The fraction of sp³-hybridized carbons (Fsp3) is 0. The molecule has 0 radical (unpaired) electrons. The van der Waals surface area contributed by atoms with Crippen LogP contribution in [-0.2, 0) is 0 Å². The number of fused-ring (bicyclic) bond motifs is 1. The van der Waals surface area contributed by atoms with E-state index in [4.69, 9.17) is 0 Å². The SMILES string of the molecule is O=C(Nc1c(-c2ccccc2)[nH]c2ccccc12)c1ccc(-c2ccccc2)cc1. The monoisotopic (exact) mass is 388 g/mol. The molecular formula is C27H20N2O. The third-order valence-corrected chi connectivity index (χ3v) is 5.26. The standard InChI is InChI=1S/C27H20N2O/c30-27(22-17-15-20(16-18-22)19-9-3-1-4-10-19)29-26-23-13-7-8-14-24(23)28-25(26)21-11-5-2-6-12-21/h1-18,28H,(H,29,30). The van der Waals surface area contributed by atoms with Crippen molar-refractivity contribution in [1.82, 2.24) is 4.98 Å². The third-order valence-electron chi connectivity index (χ3n) is 5.26. The van der Waals surface area contributed by atoms with E-state index in [0.717, 1.165) is 39.0 Å². The van der Waals surface area contributed by atoms with Gasteiger partial charge in [-0.25, -0.2) is 0 Å². The summed E-state index contributed by atoms with van der Waals surface area (Å²) in [6.07, 6.45) is 0. The molecule has 3 heteroatoms. The fourth-order valence-corrected chi connectivity index (χ4v) is 3.72. The Bertz CT molecular complexity index is 1300. The summed E-state index contributed by atoms with van der Waals surface area (Å²) in [4.78, 5) is 16.5. The molecule has 3 nitrogen and oxygen atoms in total. The van der Waals surface area contributed by atoms with Crippen LogP contribution in [0.5, 0.6) is 0 Å². The fourth-order valence-electron chi connectivity index (χ4n) is 3.72. The number of benzene rings is 4. The maximum Gasteiger partial charge on any atom is 0.255 e. The van der Waals surface area contributed by atoms with Crippen molar-refractivity contribution in [2.45, 2.75) is 0 Å². The minimum absolute atomic E-state index is 0.128. The molecule has 0 aliphatic heterocycles. The van der Waals surface area contributed by atoms with Gasteiger partial charge in [0.2, 0.25) is 0 Å². The molecule has 30 heavy (non-hydrogen) atoms. The summed E-state index contributed by atoms with van der Waals surface area (Å²) in [5.41, 5.74) is 6.57. The Morgan fingerprint density at radius 2 is 1.17 bits per heavy atom. The minimum Gasteiger partial charge on any atom is -0.353 e. The predicted molar refractivity (Wildman–Crippen MR) is 124 cm³/mol. The molecule has 0 bridgehead atoms. The van der Waals surface area contributed by atoms with Gasteiger partial charge in [-0.05, 0) is 29.3 Å². The van der Waals surface area contributed by atoms with Crippen LogP contribution >= 0.6 is 0 Å². The highest BCUT2D eigenvalue weighted by Gasteiger charge is 2.16. The molecule has 5 aromatic rings. The van der Waals surface area contributed by atoms with Crippen molar-refractivity contribution in [2.24, 2.45) is 0 Å². The van der Waals surface area contributed by atoms with Crippen molar-refractivity contribution in [3.63, 3.8) is 0 Å². The normalized spacial score (nSPS) is 10.8. The van der Waals surface area contributed by atoms with Crippen molar-refractivity contribution < 1.29 is 4.79 Å². The first kappa shape index (κ1) is 18.0. The van der Waals surface area contributed by atoms with Gasteiger partial charge in [-0.3, -0.25) is 4.79 Å². The van der Waals surface area contributed by atoms with Gasteiger partial charge in [0.25, 0.3) is 5.91 Å². The van der Waals surface area contributed by atoms with Gasteiger partial charge in [-0.15, -0.1) is 0 Å². The summed E-state index contributed by atoms with van der Waals surface area (Å²) in [5.74, 6) is -0.128. The van der Waals surface area contributed by atoms with Gasteiger partial charge in [-0.2, -0.15) is 0 Å². The van der Waals surface area contributed by atoms with Crippen molar-refractivity contribution in [1.29, 1.82) is 0 Å². The topological polar surface area (TPSA) is 44.9 Å². The van der Waals surface area contributed by atoms with Crippen LogP contribution in [0.3, 0.4) is 0 Å². The van der Waals surface area contributed by atoms with E-state index < -0.39 is 0 Å². The second-order valence-electron chi connectivity index (χ2n) is 7.18. The van der Waals surface area contributed by atoms with Gasteiger partial charge in [0.1, 0.15) is 0 Å². The lowest BCUT2D eigenvalue weighted by molar-refractivity contribution is 0.102. The average molecular weight is 388 g/mol. The Labute approximate surface area is 175 Å². The second kappa shape index (κ2) is 7.72. The van der Waals surface area contributed by atoms with Crippen molar-refractivity contribution in [3.05, 3.63) is 115 Å². The Balaban J connectivity index is 1.49. The summed E-state index contributed by atoms with van der Waals surface area (Å²) in [6.45, 7) is 0. The smallest absolute Gasteiger partial charge is 0.255 e. The van der Waals surface area contributed by atoms with Crippen LogP contribution < -0.4 is 5.32 Å². The van der Waals surface area contributed by atoms with Crippen LogP contribution in [0.25, 0.3) is 33.3 Å². The lowest BCUT2D eigenvalue weighted by atomic mass is 10.0. The molecule has 0 saturated heterocycles. The molecular weight excluding hydrogens is 368 g/mol. The summed E-state index contributed by atoms with van der Waals surface area (Å²) in [5, 5.41) is 4.13. The molecule has 1 aromatic heterocycles. The summed E-state index contributed by atoms with van der Waals surface area (Å²) in [7, 11) is 0. The Hall–Kier alpha value is -4.11. The van der Waals surface area contributed by atoms with E-state index in [-0.39, 0.29) is 5.91 Å². The van der Waals surface area contributed by atoms with Crippen LogP contribution in [0, 0.1) is 0 Å². The first-order valence-corrected chi connectivity index (χ1v) is 9.92. The van der Waals surface area contributed by atoms with Crippen LogP contribution in [0.2, 0.25) is 0 Å². The number of para-hydroxylation sites is 1. The number of aromatic amines is 1. The second-order valence-corrected chi connectivity index (χ2v) is 7.18. The molecule has 0 atom stereocenters. The van der Waals surface area contributed by atoms with Crippen molar-refractivity contribution >= 4 is 22.5 Å². The van der Waals surface area contributed by atoms with Crippen LogP contribution in [0.15, 0.2) is 109 Å². The number of hydrogen-bond donors (Lipinski definition) is 2. The zero-order chi connectivity index (χ0) is 20.3. The zero-order valence-electron chi connectivity index (χ0n) is 16.3. The van der Waals surface area contributed by atoms with Gasteiger partial charge in [0.05, 0.1) is 11.4 Å². The molecule has 0 aliphatic rings. The van der Waals surface area contributed by atoms with Crippen molar-refractivity contribution in [2.75, 3.05) is 5.32 Å². The lowest BCUT2D eigenvalue weighted by Crippen LogP contribution is -2.12. The highest BCUT2D eigenvalue weighted by Crippen LogP contribution is 2.35. The molecule has 0 fully saturated rings. The molecule has 5 rings (SSSR count). The van der Waals surface area contributed by atoms with E-state index in [1.165, 1.54) is 0 Å². The zero-order valence-corrected chi connectivity index (χ0v) is 16.3. The maximum absolute atomic E-state index is 13.1. The largest absolute Gasteiger partial charge is 0.353 e. The number of nitrogens with one attached hydrogen (secondary N) is 2. The molecule has 2 N–H and O–H groups in total. The number of amides is 1. The van der Waals surface area contributed by atoms with E-state index >= 15 is 0 Å². The van der Waals surface area contributed by atoms with Crippen LogP contribution in [0.1, 0.15) is 10.4 Å². The molecule has 1 amide bonds. The molecule has 4 aromatic carbocycles. The van der Waals surface area contributed by atoms with Crippen molar-refractivity contribution in [3.8, 4) is 22.4 Å². The Morgan fingerprint density at radius 3 is 1.87 bits per heavy atom. The summed E-state index contributed by atoms with van der Waals surface area (Å²) < 4.78 is 0. The number of anilines is 1. The molecule has 0 aliphatic carbocycles. The van der Waals surface area contributed by atoms with Crippen LogP contribution in [-0.4, -0.2) is 10.9 Å². The molecule has 1 heterocycles. The number of hydrogen-bond acceptors (Lipinski definition) is 1. The average Bonchev–Trinajstić information content (AvgIpc) is 3.19. The first-order chi connectivity index (χ1) is 14.8. The summed E-state index contributed by atoms with van der Waals surface area (Å²) >= 11 is 0. The number of carbonyl (C=O) groups excluding carboxylic acids is 1. The third kappa shape index (κ3) is 3.38. The molecule has 0 saturated carbocycles. The van der Waals surface area contributed by atoms with Gasteiger partial charge in [0, 0.05) is 22.0 Å². The van der Waals surface area contributed by atoms with Gasteiger partial charge >= 0.3 is 0 Å².